The lowest BCUT2D eigenvalue weighted by atomic mass is 10.2. The Labute approximate surface area is 109 Å². The standard InChI is InChI=1S/C14H12N2O3/c1-19-13-5-2-8(6-12(13)18)14-15-10-4-3-9(17)7-11(10)16-14/h2-7,17-18H,1H3,(H,15,16). The summed E-state index contributed by atoms with van der Waals surface area (Å²) in [5.74, 6) is 1.28. The highest BCUT2D eigenvalue weighted by atomic mass is 16.5. The highest BCUT2D eigenvalue weighted by Gasteiger charge is 2.09. The van der Waals surface area contributed by atoms with Crippen molar-refractivity contribution in [1.29, 1.82) is 0 Å². The summed E-state index contributed by atoms with van der Waals surface area (Å²) < 4.78 is 5.00. The fraction of sp³-hybridized carbons (Fsp3) is 0.0714. The topological polar surface area (TPSA) is 78.4 Å². The van der Waals surface area contributed by atoms with Gasteiger partial charge >= 0.3 is 0 Å². The molecule has 1 heterocycles. The van der Waals surface area contributed by atoms with Crippen LogP contribution in [0.1, 0.15) is 0 Å². The minimum absolute atomic E-state index is 0.0586. The van der Waals surface area contributed by atoms with Crippen LogP contribution in [0.2, 0.25) is 0 Å². The Kier molecular flexibility index (Phi) is 2.52. The zero-order valence-electron chi connectivity index (χ0n) is 10.2. The van der Waals surface area contributed by atoms with Crippen LogP contribution < -0.4 is 4.74 Å². The Hall–Kier alpha value is -2.69. The summed E-state index contributed by atoms with van der Waals surface area (Å²) in [6.45, 7) is 0. The number of nitrogens with zero attached hydrogens (tertiary/aromatic N) is 1. The van der Waals surface area contributed by atoms with Gasteiger partial charge in [0.2, 0.25) is 0 Å². The number of aromatic amines is 1. The first-order valence-electron chi connectivity index (χ1n) is 5.73. The zero-order valence-corrected chi connectivity index (χ0v) is 10.2. The van der Waals surface area contributed by atoms with Crippen LogP contribution in [0.4, 0.5) is 0 Å². The predicted octanol–water partition coefficient (Wildman–Crippen LogP) is 2.65. The molecule has 0 saturated heterocycles. The van der Waals surface area contributed by atoms with E-state index in [0.717, 1.165) is 16.6 Å². The Morgan fingerprint density at radius 3 is 2.68 bits per heavy atom. The quantitative estimate of drug-likeness (QED) is 0.658. The highest BCUT2D eigenvalue weighted by molar-refractivity contribution is 5.81. The minimum Gasteiger partial charge on any atom is -0.508 e. The summed E-state index contributed by atoms with van der Waals surface area (Å²) in [6.07, 6.45) is 0. The summed E-state index contributed by atoms with van der Waals surface area (Å²) in [6, 6.07) is 9.98. The first-order valence-corrected chi connectivity index (χ1v) is 5.73. The number of hydrogen-bond donors (Lipinski definition) is 3. The van der Waals surface area contributed by atoms with Crippen molar-refractivity contribution in [1.82, 2.24) is 9.97 Å². The van der Waals surface area contributed by atoms with Gasteiger partial charge in [-0.15, -0.1) is 0 Å². The maximum atomic E-state index is 9.76. The number of phenols is 2. The molecule has 2 aromatic carbocycles. The van der Waals surface area contributed by atoms with Crippen molar-refractivity contribution in [3.63, 3.8) is 0 Å². The number of aromatic nitrogens is 2. The lowest BCUT2D eigenvalue weighted by molar-refractivity contribution is 0.373. The molecule has 0 unspecified atom stereocenters. The molecule has 0 aliphatic rings. The van der Waals surface area contributed by atoms with Crippen molar-refractivity contribution in [2.45, 2.75) is 0 Å². The summed E-state index contributed by atoms with van der Waals surface area (Å²) in [4.78, 5) is 7.50. The molecule has 1 aromatic heterocycles. The van der Waals surface area contributed by atoms with Crippen LogP contribution in [0.5, 0.6) is 17.2 Å². The summed E-state index contributed by atoms with van der Waals surface area (Å²) in [5.41, 5.74) is 2.24. The number of hydrogen-bond acceptors (Lipinski definition) is 4. The van der Waals surface area contributed by atoms with E-state index in [1.54, 1.807) is 36.4 Å². The predicted molar refractivity (Wildman–Crippen MR) is 71.4 cm³/mol. The molecule has 0 bridgehead atoms. The van der Waals surface area contributed by atoms with Crippen molar-refractivity contribution in [3.05, 3.63) is 36.4 Å². The smallest absolute Gasteiger partial charge is 0.160 e. The van der Waals surface area contributed by atoms with Gasteiger partial charge in [0, 0.05) is 11.6 Å². The van der Waals surface area contributed by atoms with Gasteiger partial charge in [0.25, 0.3) is 0 Å². The van der Waals surface area contributed by atoms with Crippen LogP contribution in [0, 0.1) is 0 Å². The SMILES string of the molecule is COc1ccc(-c2nc3ccc(O)cc3[nH]2)cc1O. The third kappa shape index (κ3) is 1.95. The number of ether oxygens (including phenoxy) is 1. The fourth-order valence-electron chi connectivity index (χ4n) is 1.97. The van der Waals surface area contributed by atoms with Crippen molar-refractivity contribution < 1.29 is 14.9 Å². The average Bonchev–Trinajstić information content (AvgIpc) is 2.81. The monoisotopic (exact) mass is 256 g/mol. The molecule has 3 rings (SSSR count). The zero-order chi connectivity index (χ0) is 13.4. The molecular weight excluding hydrogens is 244 g/mol. The minimum atomic E-state index is 0.0586. The van der Waals surface area contributed by atoms with Gasteiger partial charge in [-0.1, -0.05) is 0 Å². The van der Waals surface area contributed by atoms with Gasteiger partial charge in [-0.3, -0.25) is 0 Å². The molecule has 0 saturated carbocycles. The Morgan fingerprint density at radius 1 is 1.11 bits per heavy atom. The third-order valence-corrected chi connectivity index (χ3v) is 2.92. The van der Waals surface area contributed by atoms with Crippen LogP contribution >= 0.6 is 0 Å². The van der Waals surface area contributed by atoms with Crippen LogP contribution in [-0.2, 0) is 0 Å². The van der Waals surface area contributed by atoms with Gasteiger partial charge in [0.15, 0.2) is 11.5 Å². The van der Waals surface area contributed by atoms with Crippen LogP contribution in [0.3, 0.4) is 0 Å². The second-order valence-electron chi connectivity index (χ2n) is 4.17. The largest absolute Gasteiger partial charge is 0.508 e. The first kappa shape index (κ1) is 11.4. The lowest BCUT2D eigenvalue weighted by Gasteiger charge is -2.04. The van der Waals surface area contributed by atoms with Gasteiger partial charge in [-0.05, 0) is 30.3 Å². The first-order chi connectivity index (χ1) is 9.17. The van der Waals surface area contributed by atoms with Crippen molar-refractivity contribution in [3.8, 4) is 28.6 Å². The second-order valence-corrected chi connectivity index (χ2v) is 4.17. The number of aromatic hydroxyl groups is 2. The van der Waals surface area contributed by atoms with Crippen LogP contribution in [-0.4, -0.2) is 27.3 Å². The maximum absolute atomic E-state index is 9.76. The molecule has 96 valence electrons. The van der Waals surface area contributed by atoms with E-state index >= 15 is 0 Å². The van der Waals surface area contributed by atoms with E-state index in [1.807, 2.05) is 0 Å². The maximum Gasteiger partial charge on any atom is 0.160 e. The number of phenolic OH excluding ortho intramolecular Hbond substituents is 2. The third-order valence-electron chi connectivity index (χ3n) is 2.92. The van der Waals surface area contributed by atoms with Gasteiger partial charge < -0.3 is 19.9 Å². The highest BCUT2D eigenvalue weighted by Crippen LogP contribution is 2.31. The molecule has 5 heteroatoms. The number of methoxy groups -OCH3 is 1. The molecule has 0 aliphatic carbocycles. The molecule has 3 aromatic rings. The van der Waals surface area contributed by atoms with E-state index in [0.29, 0.717) is 11.6 Å². The molecule has 0 spiro atoms. The molecule has 0 amide bonds. The summed E-state index contributed by atoms with van der Waals surface area (Å²) in [7, 11) is 1.50. The van der Waals surface area contributed by atoms with E-state index in [2.05, 4.69) is 9.97 Å². The number of H-pyrrole nitrogens is 1. The number of benzene rings is 2. The summed E-state index contributed by atoms with van der Waals surface area (Å²) in [5, 5.41) is 19.2. The van der Waals surface area contributed by atoms with Crippen LogP contribution in [0.25, 0.3) is 22.4 Å². The molecule has 0 radical (unpaired) electrons. The van der Waals surface area contributed by atoms with Crippen molar-refractivity contribution in [2.75, 3.05) is 7.11 Å². The molecule has 5 nitrogen and oxygen atoms in total. The summed E-state index contributed by atoms with van der Waals surface area (Å²) >= 11 is 0. The number of fused-ring (bicyclic) bond motifs is 1. The Bertz CT molecular complexity index is 750. The van der Waals surface area contributed by atoms with Gasteiger partial charge in [-0.25, -0.2) is 4.98 Å². The van der Waals surface area contributed by atoms with E-state index < -0.39 is 0 Å². The van der Waals surface area contributed by atoms with Crippen molar-refractivity contribution >= 4 is 11.0 Å². The van der Waals surface area contributed by atoms with Gasteiger partial charge in [0.1, 0.15) is 11.6 Å². The fourth-order valence-corrected chi connectivity index (χ4v) is 1.97. The van der Waals surface area contributed by atoms with E-state index in [9.17, 15) is 10.2 Å². The van der Waals surface area contributed by atoms with E-state index in [4.69, 9.17) is 4.74 Å². The van der Waals surface area contributed by atoms with E-state index in [1.165, 1.54) is 7.11 Å². The number of nitrogens with one attached hydrogen (secondary N) is 1. The molecule has 3 N–H and O–H groups in total. The van der Waals surface area contributed by atoms with Crippen molar-refractivity contribution in [2.24, 2.45) is 0 Å². The van der Waals surface area contributed by atoms with Crippen LogP contribution in [0.15, 0.2) is 36.4 Å². The number of rotatable bonds is 2. The Morgan fingerprint density at radius 2 is 1.95 bits per heavy atom. The lowest BCUT2D eigenvalue weighted by Crippen LogP contribution is -1.85. The van der Waals surface area contributed by atoms with E-state index in [-0.39, 0.29) is 11.5 Å². The molecule has 0 fully saturated rings. The normalized spacial score (nSPS) is 10.8. The van der Waals surface area contributed by atoms with Gasteiger partial charge in [0.05, 0.1) is 18.1 Å². The molecule has 0 atom stereocenters. The average molecular weight is 256 g/mol. The second kappa shape index (κ2) is 4.20. The molecule has 19 heavy (non-hydrogen) atoms. The van der Waals surface area contributed by atoms with Gasteiger partial charge in [-0.2, -0.15) is 0 Å². The number of imidazole rings is 1. The molecule has 0 aliphatic heterocycles. The Balaban J connectivity index is 2.11. The molecular formula is C14H12N2O3.